The minimum Gasteiger partial charge on any atom is -0.469 e. The highest BCUT2D eigenvalue weighted by Gasteiger charge is 2.35. The predicted octanol–water partition coefficient (Wildman–Crippen LogP) is 1.56. The minimum atomic E-state index is -0.0845. The van der Waals surface area contributed by atoms with Crippen molar-refractivity contribution in [2.75, 3.05) is 26.8 Å². The molecule has 0 saturated carbocycles. The van der Waals surface area contributed by atoms with E-state index in [1.54, 1.807) is 11.2 Å². The van der Waals surface area contributed by atoms with Crippen LogP contribution in [-0.2, 0) is 16.1 Å². The first-order chi connectivity index (χ1) is 9.63. The van der Waals surface area contributed by atoms with E-state index in [9.17, 15) is 4.79 Å². The maximum atomic E-state index is 12.5. The summed E-state index contributed by atoms with van der Waals surface area (Å²) in [5.41, 5.74) is 1.05. The Morgan fingerprint density at radius 3 is 2.95 bits per heavy atom. The van der Waals surface area contributed by atoms with E-state index in [4.69, 9.17) is 9.15 Å². The first kappa shape index (κ1) is 15.1. The normalized spacial score (nSPS) is 22.1. The molecule has 2 heterocycles. The molecule has 2 unspecified atom stereocenters. The highest BCUT2D eigenvalue weighted by Crippen LogP contribution is 2.18. The fraction of sp³-hybridized carbons (Fsp3) is 0.667. The summed E-state index contributed by atoms with van der Waals surface area (Å²) in [6.45, 7) is 6.66. The van der Waals surface area contributed by atoms with Crippen molar-refractivity contribution in [1.29, 1.82) is 0 Å². The van der Waals surface area contributed by atoms with Gasteiger partial charge in [-0.1, -0.05) is 6.92 Å². The molecule has 1 saturated heterocycles. The molecule has 0 bridgehead atoms. The van der Waals surface area contributed by atoms with Crippen molar-refractivity contribution in [3.05, 3.63) is 23.7 Å². The molecule has 0 aliphatic carbocycles. The van der Waals surface area contributed by atoms with Gasteiger partial charge >= 0.3 is 0 Å². The van der Waals surface area contributed by atoms with E-state index >= 15 is 0 Å². The van der Waals surface area contributed by atoms with Crippen LogP contribution in [0, 0.1) is 12.8 Å². The molecule has 0 aromatic carbocycles. The topological polar surface area (TPSA) is 54.7 Å². The molecule has 0 spiro atoms. The Bertz CT molecular complexity index is 444. The third-order valence-corrected chi connectivity index (χ3v) is 3.80. The van der Waals surface area contributed by atoms with Crippen LogP contribution in [0.5, 0.6) is 0 Å². The van der Waals surface area contributed by atoms with E-state index in [1.165, 1.54) is 0 Å². The van der Waals surface area contributed by atoms with Crippen LogP contribution in [0.25, 0.3) is 0 Å². The number of hydrogen-bond acceptors (Lipinski definition) is 4. The number of aryl methyl sites for hydroxylation is 1. The highest BCUT2D eigenvalue weighted by atomic mass is 16.5. The molecule has 112 valence electrons. The van der Waals surface area contributed by atoms with Gasteiger partial charge in [-0.05, 0) is 26.0 Å². The Hall–Kier alpha value is -1.33. The maximum Gasteiger partial charge on any atom is 0.229 e. The molecule has 1 aliphatic heterocycles. The van der Waals surface area contributed by atoms with Gasteiger partial charge in [0.1, 0.15) is 5.76 Å². The first-order valence-electron chi connectivity index (χ1n) is 7.22. The Kier molecular flexibility index (Phi) is 5.20. The summed E-state index contributed by atoms with van der Waals surface area (Å²) in [6.07, 6.45) is 2.72. The number of ether oxygens (including phenoxy) is 1. The third kappa shape index (κ3) is 3.41. The lowest BCUT2D eigenvalue weighted by atomic mass is 10.0. The zero-order valence-corrected chi connectivity index (χ0v) is 12.5. The van der Waals surface area contributed by atoms with Crippen molar-refractivity contribution < 1.29 is 13.9 Å². The molecule has 20 heavy (non-hydrogen) atoms. The third-order valence-electron chi connectivity index (χ3n) is 3.80. The Morgan fingerprint density at radius 1 is 1.50 bits per heavy atom. The Labute approximate surface area is 120 Å². The summed E-state index contributed by atoms with van der Waals surface area (Å²) in [7, 11) is 1.84. The number of rotatable bonds is 6. The molecule has 1 amide bonds. The molecule has 1 aromatic heterocycles. The number of furan rings is 1. The summed E-state index contributed by atoms with van der Waals surface area (Å²) < 4.78 is 10.7. The maximum absolute atomic E-state index is 12.5. The van der Waals surface area contributed by atoms with Gasteiger partial charge in [0.05, 0.1) is 25.4 Å². The second kappa shape index (κ2) is 6.90. The summed E-state index contributed by atoms with van der Waals surface area (Å²) in [5, 5.41) is 3.40. The highest BCUT2D eigenvalue weighted by molar-refractivity contribution is 5.79. The van der Waals surface area contributed by atoms with Gasteiger partial charge in [-0.25, -0.2) is 0 Å². The lowest BCUT2D eigenvalue weighted by molar-refractivity contribution is -0.135. The van der Waals surface area contributed by atoms with Gasteiger partial charge in [0, 0.05) is 25.2 Å². The van der Waals surface area contributed by atoms with Crippen molar-refractivity contribution in [3.8, 4) is 0 Å². The van der Waals surface area contributed by atoms with E-state index in [0.29, 0.717) is 19.8 Å². The number of amides is 1. The number of carbonyl (C=O) groups excluding carboxylic acids is 1. The lowest BCUT2D eigenvalue weighted by Gasteiger charge is -2.24. The van der Waals surface area contributed by atoms with Gasteiger partial charge in [-0.3, -0.25) is 4.79 Å². The van der Waals surface area contributed by atoms with Crippen LogP contribution in [0.3, 0.4) is 0 Å². The van der Waals surface area contributed by atoms with Crippen LogP contribution in [0.15, 0.2) is 16.7 Å². The average Bonchev–Trinajstić information content (AvgIpc) is 3.05. The first-order valence-corrected chi connectivity index (χ1v) is 7.22. The van der Waals surface area contributed by atoms with Gasteiger partial charge in [-0.15, -0.1) is 0 Å². The molecule has 5 nitrogen and oxygen atoms in total. The molecule has 1 N–H and O–H groups in total. The number of nitrogens with zero attached hydrogens (tertiary/aromatic N) is 1. The molecule has 2 atom stereocenters. The van der Waals surface area contributed by atoms with Gasteiger partial charge in [0.25, 0.3) is 0 Å². The van der Waals surface area contributed by atoms with E-state index in [-0.39, 0.29) is 17.9 Å². The van der Waals surface area contributed by atoms with Crippen molar-refractivity contribution in [3.63, 3.8) is 0 Å². The lowest BCUT2D eigenvalue weighted by Crippen LogP contribution is -2.44. The fourth-order valence-electron chi connectivity index (χ4n) is 2.52. The van der Waals surface area contributed by atoms with Crippen molar-refractivity contribution >= 4 is 5.91 Å². The molecule has 1 aromatic rings. The van der Waals surface area contributed by atoms with Crippen molar-refractivity contribution in [2.45, 2.75) is 32.9 Å². The minimum absolute atomic E-state index is 0.0845. The van der Waals surface area contributed by atoms with Crippen molar-refractivity contribution in [1.82, 2.24) is 10.2 Å². The largest absolute Gasteiger partial charge is 0.469 e. The van der Waals surface area contributed by atoms with Crippen LogP contribution in [-0.4, -0.2) is 43.7 Å². The van der Waals surface area contributed by atoms with Crippen LogP contribution in [0.1, 0.15) is 24.7 Å². The van der Waals surface area contributed by atoms with Crippen LogP contribution in [0.2, 0.25) is 0 Å². The number of hydrogen-bond donors (Lipinski definition) is 1. The van der Waals surface area contributed by atoms with Crippen LogP contribution in [0.4, 0.5) is 0 Å². The molecule has 1 fully saturated rings. The van der Waals surface area contributed by atoms with E-state index in [0.717, 1.165) is 24.3 Å². The second-order valence-electron chi connectivity index (χ2n) is 5.40. The van der Waals surface area contributed by atoms with Crippen LogP contribution >= 0.6 is 0 Å². The SMILES string of the molecule is CCCNC1COCC1C(=O)N(C)Cc1ccoc1C. The van der Waals surface area contributed by atoms with Crippen molar-refractivity contribution in [2.24, 2.45) is 5.92 Å². The zero-order chi connectivity index (χ0) is 14.5. The van der Waals surface area contributed by atoms with Gasteiger partial charge in [-0.2, -0.15) is 0 Å². The molecule has 2 rings (SSSR count). The zero-order valence-electron chi connectivity index (χ0n) is 12.5. The average molecular weight is 280 g/mol. The monoisotopic (exact) mass is 280 g/mol. The number of nitrogens with one attached hydrogen (secondary N) is 1. The predicted molar refractivity (Wildman–Crippen MR) is 76.3 cm³/mol. The van der Waals surface area contributed by atoms with Gasteiger partial charge in [0.2, 0.25) is 5.91 Å². The Morgan fingerprint density at radius 2 is 2.30 bits per heavy atom. The smallest absolute Gasteiger partial charge is 0.229 e. The standard InChI is InChI=1S/C15H24N2O3/c1-4-6-16-14-10-19-9-13(14)15(18)17(3)8-12-5-7-20-11(12)2/h5,7,13-14,16H,4,6,8-10H2,1-3H3. The van der Waals surface area contributed by atoms with Gasteiger partial charge < -0.3 is 19.4 Å². The summed E-state index contributed by atoms with van der Waals surface area (Å²) in [5.74, 6) is 0.920. The molecule has 1 aliphatic rings. The van der Waals surface area contributed by atoms with Gasteiger partial charge in [0.15, 0.2) is 0 Å². The van der Waals surface area contributed by atoms with E-state index in [1.807, 2.05) is 20.0 Å². The fourth-order valence-corrected chi connectivity index (χ4v) is 2.52. The second-order valence-corrected chi connectivity index (χ2v) is 5.40. The Balaban J connectivity index is 1.93. The molecule has 0 radical (unpaired) electrons. The molecular weight excluding hydrogens is 256 g/mol. The van der Waals surface area contributed by atoms with E-state index < -0.39 is 0 Å². The summed E-state index contributed by atoms with van der Waals surface area (Å²) in [4.78, 5) is 14.3. The molecule has 5 heteroatoms. The summed E-state index contributed by atoms with van der Waals surface area (Å²) >= 11 is 0. The van der Waals surface area contributed by atoms with E-state index in [2.05, 4.69) is 12.2 Å². The van der Waals surface area contributed by atoms with Crippen LogP contribution < -0.4 is 5.32 Å². The quantitative estimate of drug-likeness (QED) is 0.859. The summed E-state index contributed by atoms with van der Waals surface area (Å²) in [6, 6.07) is 2.05. The number of carbonyl (C=O) groups is 1. The molecular formula is C15H24N2O3.